The molecule has 1 saturated carbocycles. The third kappa shape index (κ3) is 7.18. The SMILES string of the molecule is Cc1ccc(CN=C(NCC2CCCC2NS(C)(=O)=O)Nc2ccccc2)cc1. The molecule has 2 aromatic carbocycles. The topological polar surface area (TPSA) is 82.6 Å². The lowest BCUT2D eigenvalue weighted by Crippen LogP contribution is -2.43. The van der Waals surface area contributed by atoms with Gasteiger partial charge < -0.3 is 10.6 Å². The molecule has 3 rings (SSSR count). The molecule has 1 aliphatic rings. The van der Waals surface area contributed by atoms with Gasteiger partial charge in [-0.15, -0.1) is 0 Å². The van der Waals surface area contributed by atoms with Crippen molar-refractivity contribution in [2.75, 3.05) is 18.1 Å². The molecule has 0 bridgehead atoms. The molecule has 0 heterocycles. The fourth-order valence-electron chi connectivity index (χ4n) is 3.60. The van der Waals surface area contributed by atoms with Gasteiger partial charge in [0.05, 0.1) is 12.8 Å². The van der Waals surface area contributed by atoms with E-state index in [0.29, 0.717) is 19.0 Å². The lowest BCUT2D eigenvalue weighted by atomic mass is 10.1. The molecule has 0 radical (unpaired) electrons. The predicted molar refractivity (Wildman–Crippen MR) is 119 cm³/mol. The summed E-state index contributed by atoms with van der Waals surface area (Å²) in [5.41, 5.74) is 3.33. The zero-order valence-electron chi connectivity index (χ0n) is 17.1. The summed E-state index contributed by atoms with van der Waals surface area (Å²) in [6.45, 7) is 3.30. The number of hydrogen-bond acceptors (Lipinski definition) is 3. The Hall–Kier alpha value is -2.38. The van der Waals surface area contributed by atoms with E-state index in [9.17, 15) is 8.42 Å². The molecule has 7 heteroatoms. The molecule has 0 spiro atoms. The second-order valence-corrected chi connectivity index (χ2v) is 9.49. The van der Waals surface area contributed by atoms with Gasteiger partial charge in [0.15, 0.2) is 5.96 Å². The summed E-state index contributed by atoms with van der Waals surface area (Å²) in [6.07, 6.45) is 4.13. The van der Waals surface area contributed by atoms with Crippen molar-refractivity contribution in [2.45, 2.75) is 38.8 Å². The fourth-order valence-corrected chi connectivity index (χ4v) is 4.46. The van der Waals surface area contributed by atoms with Crippen LogP contribution >= 0.6 is 0 Å². The summed E-state index contributed by atoms with van der Waals surface area (Å²) in [4.78, 5) is 4.74. The number of rotatable bonds is 7. The van der Waals surface area contributed by atoms with Crippen molar-refractivity contribution in [3.63, 3.8) is 0 Å². The van der Waals surface area contributed by atoms with Crippen LogP contribution in [-0.4, -0.2) is 33.2 Å². The third-order valence-electron chi connectivity index (χ3n) is 5.13. The number of nitrogens with one attached hydrogen (secondary N) is 3. The molecule has 3 N–H and O–H groups in total. The number of aryl methyl sites for hydroxylation is 1. The minimum atomic E-state index is -3.20. The van der Waals surface area contributed by atoms with E-state index in [1.54, 1.807) is 0 Å². The number of aliphatic imine (C=N–C) groups is 1. The largest absolute Gasteiger partial charge is 0.356 e. The van der Waals surface area contributed by atoms with Gasteiger partial charge in [0.2, 0.25) is 10.0 Å². The van der Waals surface area contributed by atoms with Gasteiger partial charge in [-0.25, -0.2) is 18.1 Å². The quantitative estimate of drug-likeness (QED) is 0.480. The first kappa shape index (κ1) is 21.3. The summed E-state index contributed by atoms with van der Waals surface area (Å²) >= 11 is 0. The van der Waals surface area contributed by atoms with E-state index in [1.807, 2.05) is 30.3 Å². The lowest BCUT2D eigenvalue weighted by molar-refractivity contribution is 0.440. The van der Waals surface area contributed by atoms with Crippen molar-refractivity contribution < 1.29 is 8.42 Å². The minimum absolute atomic E-state index is 0.0208. The first-order valence-corrected chi connectivity index (χ1v) is 11.9. The Morgan fingerprint density at radius 3 is 2.48 bits per heavy atom. The van der Waals surface area contributed by atoms with E-state index in [4.69, 9.17) is 4.99 Å². The van der Waals surface area contributed by atoms with Crippen LogP contribution in [0.5, 0.6) is 0 Å². The van der Waals surface area contributed by atoms with Crippen molar-refractivity contribution >= 4 is 21.7 Å². The van der Waals surface area contributed by atoms with Crippen LogP contribution in [0.4, 0.5) is 5.69 Å². The molecular weight excluding hydrogens is 384 g/mol. The zero-order valence-corrected chi connectivity index (χ0v) is 17.9. The van der Waals surface area contributed by atoms with Gasteiger partial charge in [-0.05, 0) is 43.4 Å². The maximum atomic E-state index is 11.6. The van der Waals surface area contributed by atoms with E-state index in [0.717, 1.165) is 30.5 Å². The number of guanidine groups is 1. The normalized spacial score (nSPS) is 19.9. The van der Waals surface area contributed by atoms with Gasteiger partial charge in [-0.2, -0.15) is 0 Å². The van der Waals surface area contributed by atoms with E-state index in [-0.39, 0.29) is 12.0 Å². The van der Waals surface area contributed by atoms with Crippen molar-refractivity contribution in [1.82, 2.24) is 10.0 Å². The Morgan fingerprint density at radius 1 is 1.07 bits per heavy atom. The van der Waals surface area contributed by atoms with Crippen molar-refractivity contribution in [2.24, 2.45) is 10.9 Å². The van der Waals surface area contributed by atoms with Gasteiger partial charge in [-0.3, -0.25) is 0 Å². The number of nitrogens with zero attached hydrogens (tertiary/aromatic N) is 1. The molecule has 156 valence electrons. The maximum absolute atomic E-state index is 11.6. The average molecular weight is 415 g/mol. The predicted octanol–water partition coefficient (Wildman–Crippen LogP) is 3.27. The Balaban J connectivity index is 1.67. The van der Waals surface area contributed by atoms with E-state index < -0.39 is 10.0 Å². The standard InChI is InChI=1S/C22H30N4O2S/c1-17-11-13-18(14-12-17)15-23-22(25-20-8-4-3-5-9-20)24-16-19-7-6-10-21(19)26-29(2,27)28/h3-5,8-9,11-14,19,21,26H,6-7,10,15-16H2,1-2H3,(H2,23,24,25). The van der Waals surface area contributed by atoms with Crippen LogP contribution in [0.25, 0.3) is 0 Å². The van der Waals surface area contributed by atoms with E-state index >= 15 is 0 Å². The van der Waals surface area contributed by atoms with Crippen LogP contribution in [-0.2, 0) is 16.6 Å². The van der Waals surface area contributed by atoms with Crippen molar-refractivity contribution in [3.05, 3.63) is 65.7 Å². The van der Waals surface area contributed by atoms with Crippen LogP contribution in [0.1, 0.15) is 30.4 Å². The molecule has 2 unspecified atom stereocenters. The van der Waals surface area contributed by atoms with Gasteiger partial charge >= 0.3 is 0 Å². The van der Waals surface area contributed by atoms with E-state index in [2.05, 4.69) is 46.5 Å². The van der Waals surface area contributed by atoms with Gasteiger partial charge in [0, 0.05) is 18.3 Å². The van der Waals surface area contributed by atoms with Crippen molar-refractivity contribution in [3.8, 4) is 0 Å². The van der Waals surface area contributed by atoms with Crippen molar-refractivity contribution in [1.29, 1.82) is 0 Å². The van der Waals surface area contributed by atoms with Crippen LogP contribution < -0.4 is 15.4 Å². The molecule has 1 aliphatic carbocycles. The molecule has 29 heavy (non-hydrogen) atoms. The highest BCUT2D eigenvalue weighted by Crippen LogP contribution is 2.25. The number of benzene rings is 2. The van der Waals surface area contributed by atoms with Gasteiger partial charge in [0.25, 0.3) is 0 Å². The molecule has 2 atom stereocenters. The highest BCUT2D eigenvalue weighted by Gasteiger charge is 2.29. The molecule has 0 saturated heterocycles. The molecule has 2 aromatic rings. The molecule has 0 aromatic heterocycles. The number of para-hydroxylation sites is 1. The van der Waals surface area contributed by atoms with Crippen LogP contribution in [0.3, 0.4) is 0 Å². The first-order chi connectivity index (χ1) is 13.9. The summed E-state index contributed by atoms with van der Waals surface area (Å²) in [5.74, 6) is 0.939. The second-order valence-electron chi connectivity index (χ2n) is 7.71. The molecule has 0 amide bonds. The minimum Gasteiger partial charge on any atom is -0.356 e. The van der Waals surface area contributed by atoms with Gasteiger partial charge in [-0.1, -0.05) is 54.4 Å². The Kier molecular flexibility index (Phi) is 7.28. The average Bonchev–Trinajstić information content (AvgIpc) is 3.11. The summed E-state index contributed by atoms with van der Waals surface area (Å²) in [5, 5.41) is 6.76. The maximum Gasteiger partial charge on any atom is 0.208 e. The summed E-state index contributed by atoms with van der Waals surface area (Å²) < 4.78 is 26.0. The highest BCUT2D eigenvalue weighted by molar-refractivity contribution is 7.88. The monoisotopic (exact) mass is 414 g/mol. The third-order valence-corrected chi connectivity index (χ3v) is 5.86. The van der Waals surface area contributed by atoms with Gasteiger partial charge in [0.1, 0.15) is 0 Å². The van der Waals surface area contributed by atoms with Crippen LogP contribution in [0, 0.1) is 12.8 Å². The molecule has 0 aliphatic heterocycles. The lowest BCUT2D eigenvalue weighted by Gasteiger charge is -2.22. The number of sulfonamides is 1. The molecule has 6 nitrogen and oxygen atoms in total. The number of anilines is 1. The number of hydrogen-bond donors (Lipinski definition) is 3. The molecular formula is C22H30N4O2S. The second kappa shape index (κ2) is 9.89. The smallest absolute Gasteiger partial charge is 0.208 e. The Morgan fingerprint density at radius 2 is 1.79 bits per heavy atom. The van der Waals surface area contributed by atoms with Crippen LogP contribution in [0.2, 0.25) is 0 Å². The Labute approximate surface area is 173 Å². The summed E-state index contributed by atoms with van der Waals surface area (Å²) in [7, 11) is -3.20. The molecule has 1 fully saturated rings. The first-order valence-electron chi connectivity index (χ1n) is 10.0. The van der Waals surface area contributed by atoms with Crippen LogP contribution in [0.15, 0.2) is 59.6 Å². The zero-order chi connectivity index (χ0) is 20.7. The summed E-state index contributed by atoms with van der Waals surface area (Å²) in [6, 6.07) is 18.2. The fraction of sp³-hybridized carbons (Fsp3) is 0.409. The highest BCUT2D eigenvalue weighted by atomic mass is 32.2. The Bertz CT molecular complexity index is 912. The van der Waals surface area contributed by atoms with E-state index in [1.165, 1.54) is 11.8 Å².